The summed E-state index contributed by atoms with van der Waals surface area (Å²) in [7, 11) is 0. The highest BCUT2D eigenvalue weighted by Crippen LogP contribution is 2.14. The van der Waals surface area contributed by atoms with Gasteiger partial charge in [0.05, 0.1) is 12.1 Å². The average molecular weight is 282 g/mol. The van der Waals surface area contributed by atoms with Crippen LogP contribution in [0.3, 0.4) is 0 Å². The molecule has 1 amide bonds. The van der Waals surface area contributed by atoms with Gasteiger partial charge in [-0.2, -0.15) is 0 Å². The second-order valence-corrected chi connectivity index (χ2v) is 4.52. The van der Waals surface area contributed by atoms with Gasteiger partial charge in [0, 0.05) is 11.3 Å². The first kappa shape index (κ1) is 14.8. The zero-order valence-electron chi connectivity index (χ0n) is 11.6. The predicted molar refractivity (Wildman–Crippen MR) is 81.5 cm³/mol. The smallest absolute Gasteiger partial charge is 0.258 e. The quantitative estimate of drug-likeness (QED) is 0.832. The van der Waals surface area contributed by atoms with Crippen LogP contribution in [0.15, 0.2) is 42.5 Å². The predicted octanol–water partition coefficient (Wildman–Crippen LogP) is 2.70. The molecule has 3 N–H and O–H groups in total. The van der Waals surface area contributed by atoms with Crippen molar-refractivity contribution in [2.45, 2.75) is 6.92 Å². The highest BCUT2D eigenvalue weighted by Gasteiger charge is 2.11. The van der Waals surface area contributed by atoms with Crippen LogP contribution in [0.5, 0.6) is 0 Å². The molecule has 21 heavy (non-hydrogen) atoms. The van der Waals surface area contributed by atoms with Crippen LogP contribution in [0.4, 0.5) is 10.1 Å². The van der Waals surface area contributed by atoms with Crippen molar-refractivity contribution in [1.82, 2.24) is 0 Å². The number of anilines is 1. The summed E-state index contributed by atoms with van der Waals surface area (Å²) >= 11 is 0. The van der Waals surface area contributed by atoms with E-state index in [-0.39, 0.29) is 5.56 Å². The number of nitrogens with one attached hydrogen (secondary N) is 1. The minimum absolute atomic E-state index is 0.0296. The molecular formula is C17H15FN2O. The maximum Gasteiger partial charge on any atom is 0.258 e. The molecule has 0 atom stereocenters. The number of carbonyl (C=O) groups is 1. The standard InChI is InChI=1S/C17H15FN2O/c1-12-4-9-16(18)15(11-12)17(21)20-14-7-5-13(6-8-14)3-2-10-19/h4-9,11H,10,19H2,1H3,(H,20,21). The average Bonchev–Trinajstić information content (AvgIpc) is 2.49. The van der Waals surface area contributed by atoms with Gasteiger partial charge in [-0.15, -0.1) is 0 Å². The number of nitrogens with two attached hydrogens (primary N) is 1. The van der Waals surface area contributed by atoms with Gasteiger partial charge in [0.25, 0.3) is 5.91 Å². The fourth-order valence-corrected chi connectivity index (χ4v) is 1.80. The lowest BCUT2D eigenvalue weighted by molar-refractivity contribution is 0.102. The van der Waals surface area contributed by atoms with Gasteiger partial charge in [0.15, 0.2) is 0 Å². The summed E-state index contributed by atoms with van der Waals surface area (Å²) in [5, 5.41) is 2.66. The van der Waals surface area contributed by atoms with Gasteiger partial charge in [-0.05, 0) is 43.3 Å². The second-order valence-electron chi connectivity index (χ2n) is 4.52. The van der Waals surface area contributed by atoms with Crippen molar-refractivity contribution in [1.29, 1.82) is 0 Å². The van der Waals surface area contributed by atoms with Crippen LogP contribution in [0, 0.1) is 24.6 Å². The molecule has 0 bridgehead atoms. The Morgan fingerprint density at radius 3 is 2.62 bits per heavy atom. The molecule has 3 nitrogen and oxygen atoms in total. The van der Waals surface area contributed by atoms with Gasteiger partial charge in [0.2, 0.25) is 0 Å². The molecule has 2 rings (SSSR count). The van der Waals surface area contributed by atoms with Crippen molar-refractivity contribution < 1.29 is 9.18 Å². The van der Waals surface area contributed by atoms with Gasteiger partial charge >= 0.3 is 0 Å². The summed E-state index contributed by atoms with van der Waals surface area (Å²) in [6.07, 6.45) is 0. The van der Waals surface area contributed by atoms with E-state index in [1.807, 2.05) is 0 Å². The Bertz CT molecular complexity index is 712. The largest absolute Gasteiger partial charge is 0.322 e. The van der Waals surface area contributed by atoms with Crippen LogP contribution in [-0.2, 0) is 0 Å². The summed E-state index contributed by atoms with van der Waals surface area (Å²) in [4.78, 5) is 12.0. The van der Waals surface area contributed by atoms with Crippen LogP contribution in [-0.4, -0.2) is 12.5 Å². The molecule has 2 aromatic rings. The van der Waals surface area contributed by atoms with E-state index in [2.05, 4.69) is 17.2 Å². The molecule has 0 fully saturated rings. The van der Waals surface area contributed by atoms with E-state index in [4.69, 9.17) is 5.73 Å². The number of rotatable bonds is 2. The van der Waals surface area contributed by atoms with Gasteiger partial charge in [-0.1, -0.05) is 23.5 Å². The lowest BCUT2D eigenvalue weighted by atomic mass is 10.1. The summed E-state index contributed by atoms with van der Waals surface area (Å²) in [6, 6.07) is 11.4. The van der Waals surface area contributed by atoms with E-state index < -0.39 is 11.7 Å². The number of aryl methyl sites for hydroxylation is 1. The van der Waals surface area contributed by atoms with E-state index in [9.17, 15) is 9.18 Å². The lowest BCUT2D eigenvalue weighted by Gasteiger charge is -2.07. The monoisotopic (exact) mass is 282 g/mol. The SMILES string of the molecule is Cc1ccc(F)c(C(=O)Nc2ccc(C#CCN)cc2)c1. The molecule has 0 saturated carbocycles. The number of amides is 1. The molecule has 0 saturated heterocycles. The fourth-order valence-electron chi connectivity index (χ4n) is 1.80. The van der Waals surface area contributed by atoms with Crippen LogP contribution in [0.25, 0.3) is 0 Å². The fraction of sp³-hybridized carbons (Fsp3) is 0.118. The third-order valence-corrected chi connectivity index (χ3v) is 2.84. The van der Waals surface area contributed by atoms with E-state index in [0.29, 0.717) is 12.2 Å². The van der Waals surface area contributed by atoms with Crippen molar-refractivity contribution in [3.05, 3.63) is 65.0 Å². The molecule has 0 aromatic heterocycles. The van der Waals surface area contributed by atoms with Crippen molar-refractivity contribution in [3.8, 4) is 11.8 Å². The van der Waals surface area contributed by atoms with Gasteiger partial charge in [-0.25, -0.2) is 4.39 Å². The van der Waals surface area contributed by atoms with Crippen molar-refractivity contribution in [2.75, 3.05) is 11.9 Å². The number of hydrogen-bond donors (Lipinski definition) is 2. The van der Waals surface area contributed by atoms with Gasteiger partial charge in [0.1, 0.15) is 5.82 Å². The molecule has 0 aliphatic carbocycles. The Morgan fingerprint density at radius 1 is 1.24 bits per heavy atom. The maximum absolute atomic E-state index is 13.6. The molecule has 0 radical (unpaired) electrons. The molecule has 0 spiro atoms. The number of carbonyl (C=O) groups excluding carboxylic acids is 1. The topological polar surface area (TPSA) is 55.1 Å². The highest BCUT2D eigenvalue weighted by atomic mass is 19.1. The Morgan fingerprint density at radius 2 is 1.95 bits per heavy atom. The minimum Gasteiger partial charge on any atom is -0.322 e. The van der Waals surface area contributed by atoms with E-state index >= 15 is 0 Å². The molecule has 106 valence electrons. The first-order chi connectivity index (χ1) is 10.1. The molecule has 0 aliphatic rings. The number of benzene rings is 2. The van der Waals surface area contributed by atoms with Crippen LogP contribution in [0.1, 0.15) is 21.5 Å². The Balaban J connectivity index is 2.14. The molecular weight excluding hydrogens is 267 g/mol. The third-order valence-electron chi connectivity index (χ3n) is 2.84. The Kier molecular flexibility index (Phi) is 4.70. The highest BCUT2D eigenvalue weighted by molar-refractivity contribution is 6.04. The van der Waals surface area contributed by atoms with E-state index in [1.54, 1.807) is 37.3 Å². The third kappa shape index (κ3) is 3.91. The van der Waals surface area contributed by atoms with Crippen molar-refractivity contribution >= 4 is 11.6 Å². The minimum atomic E-state index is -0.538. The number of hydrogen-bond acceptors (Lipinski definition) is 2. The first-order valence-electron chi connectivity index (χ1n) is 6.46. The van der Waals surface area contributed by atoms with Crippen molar-refractivity contribution in [3.63, 3.8) is 0 Å². The lowest BCUT2D eigenvalue weighted by Crippen LogP contribution is -2.13. The summed E-state index contributed by atoms with van der Waals surface area (Å²) in [5.74, 6) is 4.62. The van der Waals surface area contributed by atoms with E-state index in [1.165, 1.54) is 12.1 Å². The molecule has 0 aliphatic heterocycles. The summed E-state index contributed by atoms with van der Waals surface area (Å²) < 4.78 is 13.6. The zero-order chi connectivity index (χ0) is 15.2. The maximum atomic E-state index is 13.6. The van der Waals surface area contributed by atoms with Crippen LogP contribution >= 0.6 is 0 Å². The molecule has 0 unspecified atom stereocenters. The summed E-state index contributed by atoms with van der Waals surface area (Å²) in [5.41, 5.74) is 7.54. The summed E-state index contributed by atoms with van der Waals surface area (Å²) in [6.45, 7) is 2.10. The second kappa shape index (κ2) is 6.69. The van der Waals surface area contributed by atoms with Crippen LogP contribution in [0.2, 0.25) is 0 Å². The Labute approximate surface area is 123 Å². The van der Waals surface area contributed by atoms with E-state index in [0.717, 1.165) is 11.1 Å². The Hall–Kier alpha value is -2.64. The van der Waals surface area contributed by atoms with Gasteiger partial charge in [-0.3, -0.25) is 4.79 Å². The zero-order valence-corrected chi connectivity index (χ0v) is 11.6. The first-order valence-corrected chi connectivity index (χ1v) is 6.46. The molecule has 2 aromatic carbocycles. The molecule has 4 heteroatoms. The normalized spacial score (nSPS) is 9.67. The molecule has 0 heterocycles. The number of halogens is 1. The van der Waals surface area contributed by atoms with Gasteiger partial charge < -0.3 is 11.1 Å². The van der Waals surface area contributed by atoms with Crippen molar-refractivity contribution in [2.24, 2.45) is 5.73 Å². The van der Waals surface area contributed by atoms with Crippen LogP contribution < -0.4 is 11.1 Å².